The van der Waals surface area contributed by atoms with Crippen molar-refractivity contribution in [3.63, 3.8) is 0 Å². The molecule has 0 aliphatic heterocycles. The van der Waals surface area contributed by atoms with Crippen LogP contribution in [0.3, 0.4) is 0 Å². The second kappa shape index (κ2) is 5.41. The van der Waals surface area contributed by atoms with Crippen molar-refractivity contribution in [3.8, 4) is 11.3 Å². The van der Waals surface area contributed by atoms with E-state index >= 15 is 0 Å². The molecule has 0 spiro atoms. The smallest absolute Gasteiger partial charge is 0.307 e. The Balaban J connectivity index is 2.72. The van der Waals surface area contributed by atoms with E-state index in [9.17, 15) is 4.79 Å². The molecule has 0 fully saturated rings. The van der Waals surface area contributed by atoms with Gasteiger partial charge in [0.1, 0.15) is 6.33 Å². The Morgan fingerprint density at radius 3 is 2.30 bits per heavy atom. The molecule has 0 bridgehead atoms. The highest BCUT2D eigenvalue weighted by Gasteiger charge is 2.16. The number of carboxylic acids is 1. The minimum atomic E-state index is -0.874. The number of nitrogens with zero attached hydrogens (tertiary/aromatic N) is 2. The average Bonchev–Trinajstić information content (AvgIpc) is 2.38. The van der Waals surface area contributed by atoms with E-state index in [2.05, 4.69) is 29.9 Å². The Labute approximate surface area is 118 Å². The second-order valence-electron chi connectivity index (χ2n) is 5.10. The number of aliphatic carboxylic acids is 1. The zero-order valence-electron chi connectivity index (χ0n) is 12.2. The third-order valence-corrected chi connectivity index (χ3v) is 3.73. The van der Waals surface area contributed by atoms with Gasteiger partial charge < -0.3 is 5.11 Å². The van der Waals surface area contributed by atoms with Gasteiger partial charge in [-0.3, -0.25) is 4.79 Å². The first-order chi connectivity index (χ1) is 9.41. The Bertz CT molecular complexity index is 652. The first-order valence-electron chi connectivity index (χ1n) is 6.50. The van der Waals surface area contributed by atoms with Crippen LogP contribution < -0.4 is 0 Å². The molecule has 0 unspecified atom stereocenters. The third-order valence-electron chi connectivity index (χ3n) is 3.73. The summed E-state index contributed by atoms with van der Waals surface area (Å²) >= 11 is 0. The highest BCUT2D eigenvalue weighted by Crippen LogP contribution is 2.32. The minimum absolute atomic E-state index is 0.0674. The van der Waals surface area contributed by atoms with Crippen molar-refractivity contribution in [1.82, 2.24) is 9.97 Å². The van der Waals surface area contributed by atoms with E-state index in [1.165, 1.54) is 17.5 Å². The lowest BCUT2D eigenvalue weighted by Crippen LogP contribution is -2.06. The summed E-state index contributed by atoms with van der Waals surface area (Å²) in [5.74, 6) is -0.874. The predicted molar refractivity (Wildman–Crippen MR) is 77.8 cm³/mol. The van der Waals surface area contributed by atoms with Crippen molar-refractivity contribution >= 4 is 5.97 Å². The summed E-state index contributed by atoms with van der Waals surface area (Å²) in [5, 5.41) is 9.03. The molecule has 0 saturated heterocycles. The summed E-state index contributed by atoms with van der Waals surface area (Å²) in [5.41, 5.74) is 7.05. The average molecular weight is 270 g/mol. The zero-order chi connectivity index (χ0) is 14.9. The van der Waals surface area contributed by atoms with Gasteiger partial charge in [0, 0.05) is 17.3 Å². The molecule has 0 atom stereocenters. The minimum Gasteiger partial charge on any atom is -0.481 e. The maximum atomic E-state index is 11.0. The van der Waals surface area contributed by atoms with Crippen LogP contribution in [0.4, 0.5) is 0 Å². The molecule has 0 radical (unpaired) electrons. The number of hydrogen-bond acceptors (Lipinski definition) is 3. The molecule has 20 heavy (non-hydrogen) atoms. The number of benzene rings is 1. The molecular formula is C16H18N2O2. The van der Waals surface area contributed by atoms with Crippen molar-refractivity contribution in [2.45, 2.75) is 34.1 Å². The fourth-order valence-corrected chi connectivity index (χ4v) is 2.45. The molecule has 1 heterocycles. The van der Waals surface area contributed by atoms with Crippen LogP contribution in [0, 0.1) is 27.7 Å². The summed E-state index contributed by atoms with van der Waals surface area (Å²) in [7, 11) is 0. The standard InChI is InChI=1S/C16H18N2O2/c1-9-5-10(2)12(4)15(11(9)3)16-13(6-14(19)20)7-17-8-18-16/h5,7-8H,6H2,1-4H3,(H,19,20). The molecule has 2 aromatic rings. The quantitative estimate of drug-likeness (QED) is 0.931. The van der Waals surface area contributed by atoms with Gasteiger partial charge in [-0.05, 0) is 49.9 Å². The summed E-state index contributed by atoms with van der Waals surface area (Å²) in [6.07, 6.45) is 2.99. The van der Waals surface area contributed by atoms with Gasteiger partial charge in [0.15, 0.2) is 0 Å². The molecular weight excluding hydrogens is 252 g/mol. The van der Waals surface area contributed by atoms with Crippen LogP contribution in [0.5, 0.6) is 0 Å². The Morgan fingerprint density at radius 2 is 1.75 bits per heavy atom. The summed E-state index contributed by atoms with van der Waals surface area (Å²) < 4.78 is 0. The first-order valence-corrected chi connectivity index (χ1v) is 6.50. The van der Waals surface area contributed by atoms with Crippen LogP contribution in [0.15, 0.2) is 18.6 Å². The Hall–Kier alpha value is -2.23. The first kappa shape index (κ1) is 14.2. The summed E-state index contributed by atoms with van der Waals surface area (Å²) in [4.78, 5) is 19.3. The summed E-state index contributed by atoms with van der Waals surface area (Å²) in [6, 6.07) is 2.15. The Kier molecular flexibility index (Phi) is 3.84. The monoisotopic (exact) mass is 270 g/mol. The number of hydrogen-bond donors (Lipinski definition) is 1. The number of rotatable bonds is 3. The zero-order valence-corrected chi connectivity index (χ0v) is 12.2. The van der Waals surface area contributed by atoms with Crippen molar-refractivity contribution < 1.29 is 9.90 Å². The van der Waals surface area contributed by atoms with Gasteiger partial charge in [-0.2, -0.15) is 0 Å². The van der Waals surface area contributed by atoms with E-state index in [1.807, 2.05) is 13.8 Å². The summed E-state index contributed by atoms with van der Waals surface area (Å²) in [6.45, 7) is 8.21. The van der Waals surface area contributed by atoms with E-state index in [1.54, 1.807) is 6.20 Å². The largest absolute Gasteiger partial charge is 0.481 e. The van der Waals surface area contributed by atoms with E-state index in [0.717, 1.165) is 22.4 Å². The van der Waals surface area contributed by atoms with Gasteiger partial charge in [-0.1, -0.05) is 6.07 Å². The lowest BCUT2D eigenvalue weighted by Gasteiger charge is -2.16. The van der Waals surface area contributed by atoms with Gasteiger partial charge >= 0.3 is 5.97 Å². The van der Waals surface area contributed by atoms with Gasteiger partial charge in [0.2, 0.25) is 0 Å². The SMILES string of the molecule is Cc1cc(C)c(C)c(-c2ncncc2CC(=O)O)c1C. The topological polar surface area (TPSA) is 63.1 Å². The fraction of sp³-hybridized carbons (Fsp3) is 0.312. The van der Waals surface area contributed by atoms with Crippen LogP contribution in [-0.2, 0) is 11.2 Å². The molecule has 2 rings (SSSR count). The van der Waals surface area contributed by atoms with Crippen LogP contribution in [-0.4, -0.2) is 21.0 Å². The van der Waals surface area contributed by atoms with Gasteiger partial charge in [-0.25, -0.2) is 9.97 Å². The second-order valence-corrected chi connectivity index (χ2v) is 5.10. The van der Waals surface area contributed by atoms with Crippen LogP contribution in [0.2, 0.25) is 0 Å². The molecule has 1 N–H and O–H groups in total. The van der Waals surface area contributed by atoms with Crippen molar-refractivity contribution in [1.29, 1.82) is 0 Å². The lowest BCUT2D eigenvalue weighted by atomic mass is 9.90. The maximum Gasteiger partial charge on any atom is 0.307 e. The molecule has 0 aliphatic carbocycles. The highest BCUT2D eigenvalue weighted by molar-refractivity contribution is 5.78. The number of carboxylic acid groups (broad SMARTS) is 1. The lowest BCUT2D eigenvalue weighted by molar-refractivity contribution is -0.136. The molecule has 1 aromatic carbocycles. The van der Waals surface area contributed by atoms with Crippen LogP contribution in [0.1, 0.15) is 27.8 Å². The van der Waals surface area contributed by atoms with E-state index in [4.69, 9.17) is 5.11 Å². The van der Waals surface area contributed by atoms with Crippen LogP contribution >= 0.6 is 0 Å². The maximum absolute atomic E-state index is 11.0. The highest BCUT2D eigenvalue weighted by atomic mass is 16.4. The van der Waals surface area contributed by atoms with Gasteiger partial charge in [-0.15, -0.1) is 0 Å². The van der Waals surface area contributed by atoms with Crippen molar-refractivity contribution in [2.75, 3.05) is 0 Å². The molecule has 0 amide bonds. The molecule has 4 nitrogen and oxygen atoms in total. The van der Waals surface area contributed by atoms with Gasteiger partial charge in [0.05, 0.1) is 12.1 Å². The molecule has 1 aromatic heterocycles. The number of carbonyl (C=O) groups is 1. The number of aryl methyl sites for hydroxylation is 2. The predicted octanol–water partition coefficient (Wildman–Crippen LogP) is 3.00. The van der Waals surface area contributed by atoms with E-state index < -0.39 is 5.97 Å². The van der Waals surface area contributed by atoms with Gasteiger partial charge in [0.25, 0.3) is 0 Å². The van der Waals surface area contributed by atoms with Crippen molar-refractivity contribution in [3.05, 3.63) is 46.4 Å². The molecule has 0 aliphatic rings. The normalized spacial score (nSPS) is 10.6. The fourth-order valence-electron chi connectivity index (χ4n) is 2.45. The molecule has 0 saturated carbocycles. The van der Waals surface area contributed by atoms with Crippen LogP contribution in [0.25, 0.3) is 11.3 Å². The molecule has 4 heteroatoms. The van der Waals surface area contributed by atoms with E-state index in [-0.39, 0.29) is 6.42 Å². The third kappa shape index (κ3) is 2.54. The Morgan fingerprint density at radius 1 is 1.15 bits per heavy atom. The van der Waals surface area contributed by atoms with Crippen molar-refractivity contribution in [2.24, 2.45) is 0 Å². The number of aromatic nitrogens is 2. The van der Waals surface area contributed by atoms with E-state index in [0.29, 0.717) is 5.56 Å². The molecule has 104 valence electrons.